The Morgan fingerprint density at radius 1 is 1.69 bits per heavy atom. The number of amides is 1. The lowest BCUT2D eigenvalue weighted by Gasteiger charge is -2.33. The van der Waals surface area contributed by atoms with Crippen molar-refractivity contribution >= 4 is 6.09 Å². The van der Waals surface area contributed by atoms with Gasteiger partial charge in [0.1, 0.15) is 6.10 Å². The smallest absolute Gasteiger partial charge is 0.410 e. The normalized spacial score (nSPS) is 37.5. The first-order valence-corrected chi connectivity index (χ1v) is 4.84. The second kappa shape index (κ2) is 3.05. The lowest BCUT2D eigenvalue weighted by molar-refractivity contribution is 0.123. The molecule has 0 aromatic rings. The highest BCUT2D eigenvalue weighted by Crippen LogP contribution is 2.33. The predicted molar refractivity (Wildman–Crippen MR) is 49.4 cm³/mol. The molecule has 2 aliphatic heterocycles. The maximum absolute atomic E-state index is 11.4. The Kier molecular flexibility index (Phi) is 2.02. The number of rotatable bonds is 2. The van der Waals surface area contributed by atoms with Gasteiger partial charge in [0, 0.05) is 6.04 Å². The van der Waals surface area contributed by atoms with Gasteiger partial charge in [-0.3, -0.25) is 4.90 Å². The summed E-state index contributed by atoms with van der Waals surface area (Å²) in [6.45, 7) is 5.77. The molecule has 2 aliphatic rings. The van der Waals surface area contributed by atoms with Crippen LogP contribution in [-0.2, 0) is 4.74 Å². The molecule has 2 heterocycles. The van der Waals surface area contributed by atoms with E-state index >= 15 is 0 Å². The molecule has 0 aliphatic carbocycles. The molecular formula is C10H15NO2. The van der Waals surface area contributed by atoms with E-state index in [0.717, 1.165) is 19.3 Å². The lowest BCUT2D eigenvalue weighted by Crippen LogP contribution is -2.45. The van der Waals surface area contributed by atoms with Gasteiger partial charge in [0.25, 0.3) is 0 Å². The number of carbonyl (C=O) groups excluding carboxylic acids is 1. The van der Waals surface area contributed by atoms with Crippen molar-refractivity contribution in [2.45, 2.75) is 44.4 Å². The first-order valence-electron chi connectivity index (χ1n) is 4.84. The number of carbonyl (C=O) groups is 1. The minimum atomic E-state index is -0.137. The Hall–Kier alpha value is -0.990. The molecule has 2 bridgehead atoms. The molecule has 3 atom stereocenters. The average Bonchev–Trinajstić information content (AvgIpc) is 2.29. The minimum absolute atomic E-state index is 0.133. The van der Waals surface area contributed by atoms with Crippen LogP contribution in [0.15, 0.2) is 12.7 Å². The van der Waals surface area contributed by atoms with Crippen LogP contribution in [0.2, 0.25) is 0 Å². The molecule has 0 saturated carbocycles. The highest BCUT2D eigenvalue weighted by molar-refractivity contribution is 5.71. The van der Waals surface area contributed by atoms with E-state index in [0.29, 0.717) is 6.04 Å². The number of nitrogens with zero attached hydrogens (tertiary/aromatic N) is 1. The fourth-order valence-electron chi connectivity index (χ4n) is 2.34. The van der Waals surface area contributed by atoms with Crippen LogP contribution in [0, 0.1) is 0 Å². The molecule has 0 aromatic heterocycles. The molecule has 3 heteroatoms. The Morgan fingerprint density at radius 2 is 2.46 bits per heavy atom. The van der Waals surface area contributed by atoms with E-state index in [2.05, 4.69) is 13.5 Å². The standard InChI is InChI=1S/C10H15NO2/c1-3-4-8-5-6-9-7(2)11(8)10(12)13-9/h3,7-9H,1,4-6H2,2H3/t7?,8-,9+/m1/s1. The van der Waals surface area contributed by atoms with Gasteiger partial charge in [0.05, 0.1) is 6.04 Å². The van der Waals surface area contributed by atoms with E-state index in [1.54, 1.807) is 0 Å². The number of ether oxygens (including phenoxy) is 1. The molecule has 1 amide bonds. The molecule has 2 rings (SSSR count). The maximum Gasteiger partial charge on any atom is 0.410 e. The summed E-state index contributed by atoms with van der Waals surface area (Å²) in [5.74, 6) is 0. The lowest BCUT2D eigenvalue weighted by atomic mass is 9.94. The Balaban J connectivity index is 2.16. The van der Waals surface area contributed by atoms with Crippen LogP contribution >= 0.6 is 0 Å². The van der Waals surface area contributed by atoms with E-state index in [1.807, 2.05) is 11.0 Å². The molecule has 2 saturated heterocycles. The van der Waals surface area contributed by atoms with Crippen molar-refractivity contribution in [3.8, 4) is 0 Å². The highest BCUT2D eigenvalue weighted by Gasteiger charge is 2.45. The van der Waals surface area contributed by atoms with Gasteiger partial charge in [-0.2, -0.15) is 0 Å². The van der Waals surface area contributed by atoms with E-state index in [4.69, 9.17) is 4.74 Å². The van der Waals surface area contributed by atoms with Gasteiger partial charge in [-0.15, -0.1) is 6.58 Å². The fourth-order valence-corrected chi connectivity index (χ4v) is 2.34. The van der Waals surface area contributed by atoms with Crippen molar-refractivity contribution in [1.29, 1.82) is 0 Å². The van der Waals surface area contributed by atoms with Crippen molar-refractivity contribution in [2.75, 3.05) is 0 Å². The zero-order valence-corrected chi connectivity index (χ0v) is 7.90. The summed E-state index contributed by atoms with van der Waals surface area (Å²) in [7, 11) is 0. The average molecular weight is 181 g/mol. The van der Waals surface area contributed by atoms with Crippen LogP contribution in [-0.4, -0.2) is 29.2 Å². The van der Waals surface area contributed by atoms with Gasteiger partial charge >= 0.3 is 6.09 Å². The van der Waals surface area contributed by atoms with E-state index in [1.165, 1.54) is 0 Å². The Bertz CT molecular complexity index is 239. The van der Waals surface area contributed by atoms with Crippen LogP contribution in [0.3, 0.4) is 0 Å². The summed E-state index contributed by atoms with van der Waals surface area (Å²) in [6.07, 6.45) is 4.81. The Morgan fingerprint density at radius 3 is 3.15 bits per heavy atom. The van der Waals surface area contributed by atoms with Gasteiger partial charge < -0.3 is 4.74 Å². The van der Waals surface area contributed by atoms with Crippen LogP contribution in [0.5, 0.6) is 0 Å². The fraction of sp³-hybridized carbons (Fsp3) is 0.700. The van der Waals surface area contributed by atoms with Crippen molar-refractivity contribution < 1.29 is 9.53 Å². The third kappa shape index (κ3) is 1.23. The number of fused-ring (bicyclic) bond motifs is 2. The molecule has 13 heavy (non-hydrogen) atoms. The van der Waals surface area contributed by atoms with E-state index < -0.39 is 0 Å². The van der Waals surface area contributed by atoms with E-state index in [9.17, 15) is 4.79 Å². The van der Waals surface area contributed by atoms with Gasteiger partial charge in [-0.1, -0.05) is 6.08 Å². The van der Waals surface area contributed by atoms with Gasteiger partial charge in [-0.05, 0) is 26.2 Å². The highest BCUT2D eigenvalue weighted by atomic mass is 16.6. The summed E-state index contributed by atoms with van der Waals surface area (Å²) in [5.41, 5.74) is 0. The number of piperidine rings is 1. The van der Waals surface area contributed by atoms with Crippen molar-refractivity contribution in [3.63, 3.8) is 0 Å². The van der Waals surface area contributed by atoms with E-state index in [-0.39, 0.29) is 18.2 Å². The second-order valence-electron chi connectivity index (χ2n) is 3.83. The van der Waals surface area contributed by atoms with Gasteiger partial charge in [0.15, 0.2) is 0 Å². The van der Waals surface area contributed by atoms with Crippen LogP contribution in [0.25, 0.3) is 0 Å². The van der Waals surface area contributed by atoms with Crippen LogP contribution in [0.4, 0.5) is 4.79 Å². The zero-order chi connectivity index (χ0) is 9.42. The third-order valence-electron chi connectivity index (χ3n) is 3.06. The number of hydrogen-bond acceptors (Lipinski definition) is 2. The van der Waals surface area contributed by atoms with Gasteiger partial charge in [0.2, 0.25) is 0 Å². The van der Waals surface area contributed by atoms with Crippen molar-refractivity contribution in [2.24, 2.45) is 0 Å². The summed E-state index contributed by atoms with van der Waals surface area (Å²) in [4.78, 5) is 13.3. The van der Waals surface area contributed by atoms with Crippen LogP contribution < -0.4 is 0 Å². The molecule has 72 valence electrons. The monoisotopic (exact) mass is 181 g/mol. The molecule has 0 aromatic carbocycles. The van der Waals surface area contributed by atoms with Crippen LogP contribution in [0.1, 0.15) is 26.2 Å². The molecular weight excluding hydrogens is 166 g/mol. The van der Waals surface area contributed by atoms with Crippen molar-refractivity contribution in [3.05, 3.63) is 12.7 Å². The van der Waals surface area contributed by atoms with Crippen molar-refractivity contribution in [1.82, 2.24) is 4.90 Å². The first-order chi connectivity index (χ1) is 6.24. The summed E-state index contributed by atoms with van der Waals surface area (Å²) in [5, 5.41) is 0. The second-order valence-corrected chi connectivity index (χ2v) is 3.83. The number of hydrogen-bond donors (Lipinski definition) is 0. The zero-order valence-electron chi connectivity index (χ0n) is 7.90. The minimum Gasteiger partial charge on any atom is -0.444 e. The topological polar surface area (TPSA) is 29.5 Å². The first kappa shape index (κ1) is 8.60. The maximum atomic E-state index is 11.4. The molecule has 1 unspecified atom stereocenters. The third-order valence-corrected chi connectivity index (χ3v) is 3.06. The summed E-state index contributed by atoms with van der Waals surface area (Å²) < 4.78 is 5.23. The molecule has 0 radical (unpaired) electrons. The van der Waals surface area contributed by atoms with Gasteiger partial charge in [-0.25, -0.2) is 4.79 Å². The molecule has 3 nitrogen and oxygen atoms in total. The Labute approximate surface area is 78.4 Å². The summed E-state index contributed by atoms with van der Waals surface area (Å²) >= 11 is 0. The SMILES string of the molecule is C=CC[C@@H]1CC[C@@H]2OC(=O)N1C2C. The predicted octanol–water partition coefficient (Wildman–Crippen LogP) is 1.93. The largest absolute Gasteiger partial charge is 0.444 e. The summed E-state index contributed by atoms with van der Waals surface area (Å²) in [6, 6.07) is 0.574. The molecule has 0 N–H and O–H groups in total. The quantitative estimate of drug-likeness (QED) is 0.609. The molecule has 0 spiro atoms. The molecule has 2 fully saturated rings.